The van der Waals surface area contributed by atoms with E-state index in [0.717, 1.165) is 10.9 Å². The molecule has 0 aliphatic rings. The number of hydrogen-bond donors (Lipinski definition) is 7. The molecule has 8 N–H and O–H groups in total. The summed E-state index contributed by atoms with van der Waals surface area (Å²) in [5.41, 5.74) is 10.3. The zero-order chi connectivity index (χ0) is 51.1. The predicted molar refractivity (Wildman–Crippen MR) is 262 cm³/mol. The number of ether oxygens (including phenoxy) is 1. The molecule has 0 unspecified atom stereocenters. The number of carboxylic acid groups (broad SMARTS) is 1. The number of rotatable bonds is 19. The van der Waals surface area contributed by atoms with Gasteiger partial charge in [-0.3, -0.25) is 4.55 Å². The fourth-order valence-electron chi connectivity index (χ4n) is 6.87. The van der Waals surface area contributed by atoms with E-state index in [1.165, 1.54) is 24.3 Å². The van der Waals surface area contributed by atoms with Gasteiger partial charge in [0, 0.05) is 21.7 Å². The molecule has 1 heterocycles. The Morgan fingerprint density at radius 2 is 1.38 bits per heavy atom. The number of nitrogens with zero attached hydrogens (tertiary/aromatic N) is 9. The summed E-state index contributed by atoms with van der Waals surface area (Å²) in [6.07, 6.45) is 0. The Hall–Kier alpha value is -7.96. The van der Waals surface area contributed by atoms with E-state index in [9.17, 15) is 28.0 Å². The lowest BCUT2D eigenvalue weighted by Gasteiger charge is -2.12. The van der Waals surface area contributed by atoms with Crippen LogP contribution >= 0.6 is 24.1 Å². The third kappa shape index (κ3) is 11.8. The van der Waals surface area contributed by atoms with Gasteiger partial charge in [-0.15, -0.1) is 33.9 Å². The van der Waals surface area contributed by atoms with Crippen LogP contribution in [-0.4, -0.2) is 61.4 Å². The number of nitrogens with two attached hydrogens (primary N) is 1. The van der Waals surface area contributed by atoms with Gasteiger partial charge in [-0.2, -0.15) is 28.9 Å². The van der Waals surface area contributed by atoms with E-state index < -0.39 is 21.0 Å². The Labute approximate surface area is 415 Å². The lowest BCUT2D eigenvalue weighted by Crippen LogP contribution is -2.08. The second kappa shape index (κ2) is 22.0. The van der Waals surface area contributed by atoms with Crippen molar-refractivity contribution in [1.82, 2.24) is 15.0 Å². The second-order valence-corrected chi connectivity index (χ2v) is 18.2. The van der Waals surface area contributed by atoms with Gasteiger partial charge in [-0.1, -0.05) is 10.1 Å². The highest BCUT2D eigenvalue weighted by atomic mass is 32.2. The molecule has 27 heteroatoms. The minimum atomic E-state index is -4.88. The van der Waals surface area contributed by atoms with Crippen molar-refractivity contribution in [3.8, 4) is 17.2 Å². The van der Waals surface area contributed by atoms with Gasteiger partial charge >= 0.3 is 5.97 Å². The summed E-state index contributed by atoms with van der Waals surface area (Å²) in [6, 6.07) is 28.5. The molecule has 0 fully saturated rings. The van der Waals surface area contributed by atoms with E-state index in [1.54, 1.807) is 92.7 Å². The number of anilines is 2. The molecular weight excluding hydrogens is 999 g/mol. The Morgan fingerprint density at radius 3 is 2.06 bits per heavy atom. The maximum Gasteiger partial charge on any atom is 0.337 e. The average Bonchev–Trinajstić information content (AvgIpc) is 3.78. The van der Waals surface area contributed by atoms with Crippen molar-refractivity contribution in [3.63, 3.8) is 0 Å². The van der Waals surface area contributed by atoms with Crippen LogP contribution in [0.15, 0.2) is 155 Å². The Morgan fingerprint density at radius 1 is 0.722 bits per heavy atom. The van der Waals surface area contributed by atoms with Gasteiger partial charge in [0.05, 0.1) is 57.3 Å². The summed E-state index contributed by atoms with van der Waals surface area (Å²) in [6.45, 7) is 5.49. The van der Waals surface area contributed by atoms with E-state index >= 15 is 0 Å². The quantitative estimate of drug-likeness (QED) is 0.00752. The molecule has 368 valence electrons. The van der Waals surface area contributed by atoms with Gasteiger partial charge in [0.15, 0.2) is 12.5 Å². The number of hydrogen-bond acceptors (Lipinski definition) is 23. The minimum Gasteiger partial charge on any atom is -0.505 e. The third-order valence-corrected chi connectivity index (χ3v) is 12.5. The number of carboxylic acids is 1. The number of phenols is 1. The van der Waals surface area contributed by atoms with Crippen LogP contribution in [0.1, 0.15) is 27.0 Å². The summed E-state index contributed by atoms with van der Waals surface area (Å²) < 4.78 is 50.0. The van der Waals surface area contributed by atoms with Gasteiger partial charge in [0.25, 0.3) is 10.1 Å². The summed E-state index contributed by atoms with van der Waals surface area (Å²) in [7, 11) is -4.88. The molecule has 8 aromatic rings. The summed E-state index contributed by atoms with van der Waals surface area (Å²) >= 11 is 1.18. The first-order valence-electron chi connectivity index (χ1n) is 20.6. The van der Waals surface area contributed by atoms with Crippen LogP contribution in [0.5, 0.6) is 11.5 Å². The van der Waals surface area contributed by atoms with E-state index in [-0.39, 0.29) is 51.0 Å². The molecule has 0 aliphatic heterocycles. The van der Waals surface area contributed by atoms with Crippen LogP contribution in [-0.2, 0) is 28.9 Å². The highest BCUT2D eigenvalue weighted by Crippen LogP contribution is 2.45. The molecule has 0 spiro atoms. The van der Waals surface area contributed by atoms with Crippen molar-refractivity contribution in [2.75, 3.05) is 17.8 Å². The lowest BCUT2D eigenvalue weighted by molar-refractivity contribution is -0.432. The number of benzene rings is 7. The SMILES string of the molecule is Cc1cc(N=Nc2c(SOOO)cc3cc(NCOc4ccc(N)cc4)ccc3c2O)c(C)cc1N=Nc1ccc(N=Nc2cc3nn(-c4cc(SOOO)ccc4C(=O)O)nc3cc2S(=O)(=O)O)c(C)c1. The number of azo groups is 3. The van der Waals surface area contributed by atoms with Crippen LogP contribution in [0.4, 0.5) is 45.5 Å². The molecule has 72 heavy (non-hydrogen) atoms. The van der Waals surface area contributed by atoms with Crippen molar-refractivity contribution in [2.45, 2.75) is 35.5 Å². The van der Waals surface area contributed by atoms with Crippen molar-refractivity contribution < 1.29 is 62.0 Å². The molecule has 7 aromatic carbocycles. The van der Waals surface area contributed by atoms with Gasteiger partial charge in [0.2, 0.25) is 0 Å². The Bertz CT molecular complexity index is 3580. The normalized spacial score (nSPS) is 12.0. The second-order valence-electron chi connectivity index (χ2n) is 15.2. The third-order valence-electron chi connectivity index (χ3n) is 10.4. The molecule has 0 bridgehead atoms. The zero-order valence-electron chi connectivity index (χ0n) is 37.4. The number of aromatic hydroxyl groups is 1. The van der Waals surface area contributed by atoms with Gasteiger partial charge in [-0.05, 0) is 152 Å². The van der Waals surface area contributed by atoms with Gasteiger partial charge < -0.3 is 26.0 Å². The van der Waals surface area contributed by atoms with Crippen LogP contribution < -0.4 is 15.8 Å². The van der Waals surface area contributed by atoms with E-state index in [4.69, 9.17) is 25.3 Å². The number of nitrogen functional groups attached to an aromatic ring is 1. The number of fused-ring (bicyclic) bond motifs is 2. The fraction of sp³-hybridized carbons (Fsp3) is 0.0889. The topological polar surface area (TPSA) is 341 Å². The monoisotopic (exact) mass is 1040 g/mol. The molecule has 0 saturated carbocycles. The minimum absolute atomic E-state index is 0.0280. The van der Waals surface area contributed by atoms with E-state index in [0.29, 0.717) is 96.3 Å². The summed E-state index contributed by atoms with van der Waals surface area (Å²) in [4.78, 5) is 12.9. The molecule has 0 aliphatic carbocycles. The molecule has 1 aromatic heterocycles. The van der Waals surface area contributed by atoms with Crippen LogP contribution in [0.25, 0.3) is 27.5 Å². The first kappa shape index (κ1) is 50.4. The van der Waals surface area contributed by atoms with Crippen molar-refractivity contribution >= 4 is 107 Å². The zero-order valence-corrected chi connectivity index (χ0v) is 39.9. The average molecular weight is 1040 g/mol. The maximum atomic E-state index is 12.5. The number of aromatic nitrogens is 3. The molecule has 0 amide bonds. The molecule has 0 saturated heterocycles. The predicted octanol–water partition coefficient (Wildman–Crippen LogP) is 12.3. The number of aromatic carboxylic acids is 1. The number of carbonyl (C=O) groups is 1. The lowest BCUT2D eigenvalue weighted by atomic mass is 10.1. The van der Waals surface area contributed by atoms with Crippen LogP contribution in [0.2, 0.25) is 0 Å². The van der Waals surface area contributed by atoms with Crippen molar-refractivity contribution in [3.05, 3.63) is 131 Å². The summed E-state index contributed by atoms with van der Waals surface area (Å²) in [5, 5.41) is 84.8. The molecule has 0 atom stereocenters. The molecule has 24 nitrogen and oxygen atoms in total. The number of nitrogens with one attached hydrogen (secondary N) is 1. The highest BCUT2D eigenvalue weighted by molar-refractivity contribution is 7.95. The Kier molecular flexibility index (Phi) is 15.4. The smallest absolute Gasteiger partial charge is 0.337 e. The highest BCUT2D eigenvalue weighted by Gasteiger charge is 2.22. The standard InChI is InChI=1S/C45H37N11O13S3/c1-23-14-29(7-13-34(23)49-52-39-20-37-38(21-42(39)72(62,63)64)55-56(54-37)40-19-31(70-68-66-60)10-12-33(40)45(58)59)48-50-35-15-25(3)36(16-24(35)2)51-53-43-41(71-69-67-61)18-26-17-28(6-11-32(26)44(43)57)47-22-65-30-8-4-27(46)5-9-30/h4-21,47,57,60-61H,22,46H2,1-3H3,(H,58,59)(H,62,63,64). The fourth-order valence-corrected chi connectivity index (χ4v) is 8.38. The first-order chi connectivity index (χ1) is 34.6. The number of phenolic OH excluding ortho intramolecular Hbond substituents is 1. The largest absolute Gasteiger partial charge is 0.505 e. The first-order valence-corrected chi connectivity index (χ1v) is 23.6. The number of aryl methyl sites for hydroxylation is 3. The molecular formula is C45H37N11O13S3. The maximum absolute atomic E-state index is 12.5. The summed E-state index contributed by atoms with van der Waals surface area (Å²) in [5.74, 6) is -0.885. The Balaban J connectivity index is 0.987. The van der Waals surface area contributed by atoms with Crippen LogP contribution in [0, 0.1) is 20.8 Å². The van der Waals surface area contributed by atoms with Gasteiger partial charge in [-0.25, -0.2) is 15.3 Å². The van der Waals surface area contributed by atoms with Crippen LogP contribution in [0.3, 0.4) is 0 Å². The van der Waals surface area contributed by atoms with E-state index in [1.807, 2.05) is 6.92 Å². The van der Waals surface area contributed by atoms with E-state index in [2.05, 4.69) is 60.6 Å². The van der Waals surface area contributed by atoms with Gasteiger partial charge in [0.1, 0.15) is 38.7 Å². The van der Waals surface area contributed by atoms with Crippen molar-refractivity contribution in [1.29, 1.82) is 0 Å². The molecule has 0 radical (unpaired) electrons. The molecule has 8 rings (SSSR count). The van der Waals surface area contributed by atoms with Crippen molar-refractivity contribution in [2.24, 2.45) is 30.7 Å².